The number of carbonyl (C=O) groups is 1. The van der Waals surface area contributed by atoms with Crippen LogP contribution in [0.15, 0.2) is 28.9 Å². The number of nitrogens with one attached hydrogen (secondary N) is 1. The molecule has 4 nitrogen and oxygen atoms in total. The zero-order valence-corrected chi connectivity index (χ0v) is 12.9. The number of rotatable bonds is 3. The van der Waals surface area contributed by atoms with Gasteiger partial charge in [-0.25, -0.2) is 4.39 Å². The summed E-state index contributed by atoms with van der Waals surface area (Å²) in [5.41, 5.74) is 6.92. The zero-order chi connectivity index (χ0) is 14.9. The normalized spacial score (nSPS) is 10.6. The van der Waals surface area contributed by atoms with Gasteiger partial charge in [0.05, 0.1) is 16.4 Å². The van der Waals surface area contributed by atoms with Crippen molar-refractivity contribution >= 4 is 44.8 Å². The molecule has 1 amide bonds. The SMILES string of the molecule is CCn1cc(N)cc1C(=O)Nc1c(Cl)cc(F)cc1Br. The average molecular weight is 361 g/mol. The predicted octanol–water partition coefficient (Wildman–Crippen LogP) is 3.90. The van der Waals surface area contributed by atoms with Gasteiger partial charge in [0.15, 0.2) is 0 Å². The molecule has 0 aliphatic heterocycles. The fourth-order valence-corrected chi connectivity index (χ4v) is 2.72. The number of hydrogen-bond donors (Lipinski definition) is 2. The molecule has 106 valence electrons. The van der Waals surface area contributed by atoms with Crippen LogP contribution in [0.5, 0.6) is 0 Å². The van der Waals surface area contributed by atoms with Crippen LogP contribution < -0.4 is 11.1 Å². The number of benzene rings is 1. The van der Waals surface area contributed by atoms with Gasteiger partial charge in [0.1, 0.15) is 11.5 Å². The zero-order valence-electron chi connectivity index (χ0n) is 10.6. The summed E-state index contributed by atoms with van der Waals surface area (Å²) in [5, 5.41) is 2.77. The van der Waals surface area contributed by atoms with E-state index in [-0.39, 0.29) is 10.9 Å². The summed E-state index contributed by atoms with van der Waals surface area (Å²) >= 11 is 9.10. The van der Waals surface area contributed by atoms with E-state index in [1.165, 1.54) is 6.07 Å². The van der Waals surface area contributed by atoms with E-state index in [0.717, 1.165) is 6.07 Å². The Balaban J connectivity index is 2.32. The second-order valence-corrected chi connectivity index (χ2v) is 5.40. The summed E-state index contributed by atoms with van der Waals surface area (Å²) in [4.78, 5) is 12.2. The van der Waals surface area contributed by atoms with Crippen molar-refractivity contribution in [2.24, 2.45) is 0 Å². The fraction of sp³-hybridized carbons (Fsp3) is 0.154. The van der Waals surface area contributed by atoms with Crippen molar-refractivity contribution in [1.82, 2.24) is 4.57 Å². The highest BCUT2D eigenvalue weighted by atomic mass is 79.9. The highest BCUT2D eigenvalue weighted by molar-refractivity contribution is 9.10. The first-order chi connectivity index (χ1) is 9.42. The molecule has 0 saturated heterocycles. The smallest absolute Gasteiger partial charge is 0.272 e. The van der Waals surface area contributed by atoms with Crippen molar-refractivity contribution in [2.45, 2.75) is 13.5 Å². The molecule has 0 aliphatic rings. The molecule has 0 aliphatic carbocycles. The maximum absolute atomic E-state index is 13.1. The molecule has 0 bridgehead atoms. The van der Waals surface area contributed by atoms with Gasteiger partial charge in [-0.15, -0.1) is 0 Å². The van der Waals surface area contributed by atoms with Gasteiger partial charge in [-0.1, -0.05) is 11.6 Å². The highest BCUT2D eigenvalue weighted by Gasteiger charge is 2.16. The third-order valence-corrected chi connectivity index (χ3v) is 3.66. The summed E-state index contributed by atoms with van der Waals surface area (Å²) in [7, 11) is 0. The molecule has 0 radical (unpaired) electrons. The highest BCUT2D eigenvalue weighted by Crippen LogP contribution is 2.32. The second-order valence-electron chi connectivity index (χ2n) is 4.14. The van der Waals surface area contributed by atoms with Gasteiger partial charge in [0.25, 0.3) is 5.91 Å². The average Bonchev–Trinajstić information content (AvgIpc) is 2.75. The number of hydrogen-bond acceptors (Lipinski definition) is 2. The Morgan fingerprint density at radius 1 is 1.50 bits per heavy atom. The van der Waals surface area contributed by atoms with Gasteiger partial charge in [0, 0.05) is 17.2 Å². The minimum Gasteiger partial charge on any atom is -0.397 e. The Hall–Kier alpha value is -1.53. The summed E-state index contributed by atoms with van der Waals surface area (Å²) < 4.78 is 15.2. The topological polar surface area (TPSA) is 60.0 Å². The maximum Gasteiger partial charge on any atom is 0.272 e. The number of nitrogen functional groups attached to an aromatic ring is 1. The van der Waals surface area contributed by atoms with Crippen molar-refractivity contribution in [1.29, 1.82) is 0 Å². The van der Waals surface area contributed by atoms with Crippen LogP contribution in [0.1, 0.15) is 17.4 Å². The van der Waals surface area contributed by atoms with E-state index in [0.29, 0.717) is 28.1 Å². The number of aromatic nitrogens is 1. The third-order valence-electron chi connectivity index (χ3n) is 2.74. The van der Waals surface area contributed by atoms with Gasteiger partial charge in [-0.05, 0) is 41.1 Å². The monoisotopic (exact) mass is 359 g/mol. The standard InChI is InChI=1S/C13H12BrClFN3O/c1-2-19-6-8(17)5-11(19)13(20)18-12-9(14)3-7(16)4-10(12)15/h3-6H,2,17H2,1H3,(H,18,20). The molecule has 0 spiro atoms. The van der Waals surface area contributed by atoms with Crippen molar-refractivity contribution in [3.8, 4) is 0 Å². The summed E-state index contributed by atoms with van der Waals surface area (Å²) in [6.45, 7) is 2.51. The molecular weight excluding hydrogens is 349 g/mol. The number of carbonyl (C=O) groups excluding carboxylic acids is 1. The molecule has 3 N–H and O–H groups in total. The molecule has 0 fully saturated rings. The fourth-order valence-electron chi connectivity index (χ4n) is 1.82. The van der Waals surface area contributed by atoms with E-state index in [1.54, 1.807) is 16.8 Å². The van der Waals surface area contributed by atoms with Crippen molar-refractivity contribution in [3.63, 3.8) is 0 Å². The molecule has 0 saturated carbocycles. The van der Waals surface area contributed by atoms with Crippen LogP contribution in [0.3, 0.4) is 0 Å². The van der Waals surface area contributed by atoms with Gasteiger partial charge in [-0.3, -0.25) is 4.79 Å². The number of nitrogens with two attached hydrogens (primary N) is 1. The quantitative estimate of drug-likeness (QED) is 0.872. The van der Waals surface area contributed by atoms with Crippen molar-refractivity contribution in [2.75, 3.05) is 11.1 Å². The van der Waals surface area contributed by atoms with Crippen molar-refractivity contribution in [3.05, 3.63) is 45.4 Å². The van der Waals surface area contributed by atoms with Crippen LogP contribution in [0.2, 0.25) is 5.02 Å². The first-order valence-electron chi connectivity index (χ1n) is 5.84. The largest absolute Gasteiger partial charge is 0.397 e. The van der Waals surface area contributed by atoms with Gasteiger partial charge in [0.2, 0.25) is 0 Å². The summed E-state index contributed by atoms with van der Waals surface area (Å²) in [5.74, 6) is -0.848. The molecule has 2 aromatic rings. The molecule has 0 unspecified atom stereocenters. The van der Waals surface area contributed by atoms with E-state index in [4.69, 9.17) is 17.3 Å². The summed E-state index contributed by atoms with van der Waals surface area (Å²) in [6, 6.07) is 3.94. The van der Waals surface area contributed by atoms with E-state index >= 15 is 0 Å². The van der Waals surface area contributed by atoms with Gasteiger partial charge in [-0.2, -0.15) is 0 Å². The number of aryl methyl sites for hydroxylation is 1. The Bertz CT molecular complexity index is 649. The number of amides is 1. The molecular formula is C13H12BrClFN3O. The Morgan fingerprint density at radius 2 is 2.20 bits per heavy atom. The first kappa shape index (κ1) is 14.9. The molecule has 1 aromatic heterocycles. The van der Waals surface area contributed by atoms with E-state index in [2.05, 4.69) is 21.2 Å². The minimum absolute atomic E-state index is 0.118. The van der Waals surface area contributed by atoms with E-state index in [9.17, 15) is 9.18 Å². The first-order valence-corrected chi connectivity index (χ1v) is 7.01. The second kappa shape index (κ2) is 5.85. The van der Waals surface area contributed by atoms with Crippen LogP contribution in [0, 0.1) is 5.82 Å². The third kappa shape index (κ3) is 2.96. The molecule has 2 rings (SSSR count). The lowest BCUT2D eigenvalue weighted by molar-refractivity contribution is 0.101. The molecule has 20 heavy (non-hydrogen) atoms. The predicted molar refractivity (Wildman–Crippen MR) is 81.6 cm³/mol. The van der Waals surface area contributed by atoms with Crippen LogP contribution in [-0.4, -0.2) is 10.5 Å². The van der Waals surface area contributed by atoms with Crippen LogP contribution in [0.25, 0.3) is 0 Å². The lowest BCUT2D eigenvalue weighted by atomic mass is 10.3. The lowest BCUT2D eigenvalue weighted by Gasteiger charge is -2.11. The van der Waals surface area contributed by atoms with E-state index in [1.807, 2.05) is 6.92 Å². The molecule has 1 heterocycles. The van der Waals surface area contributed by atoms with Crippen LogP contribution in [-0.2, 0) is 6.54 Å². The molecule has 0 atom stereocenters. The number of nitrogens with zero attached hydrogens (tertiary/aromatic N) is 1. The number of anilines is 2. The van der Waals surface area contributed by atoms with Crippen LogP contribution >= 0.6 is 27.5 Å². The lowest BCUT2D eigenvalue weighted by Crippen LogP contribution is -2.17. The minimum atomic E-state index is -0.485. The number of halogens is 3. The van der Waals surface area contributed by atoms with Crippen molar-refractivity contribution < 1.29 is 9.18 Å². The Morgan fingerprint density at radius 3 is 2.80 bits per heavy atom. The van der Waals surface area contributed by atoms with Gasteiger partial charge < -0.3 is 15.6 Å². The summed E-state index contributed by atoms with van der Waals surface area (Å²) in [6.07, 6.45) is 1.68. The Labute approximate surface area is 128 Å². The van der Waals surface area contributed by atoms with Gasteiger partial charge >= 0.3 is 0 Å². The maximum atomic E-state index is 13.1. The van der Waals surface area contributed by atoms with E-state index < -0.39 is 5.82 Å². The molecule has 1 aromatic carbocycles. The Kier molecular flexibility index (Phi) is 4.35. The van der Waals surface area contributed by atoms with Crippen LogP contribution in [0.4, 0.5) is 15.8 Å². The molecule has 7 heteroatoms.